The Morgan fingerprint density at radius 2 is 1.87 bits per heavy atom. The first-order valence-corrected chi connectivity index (χ1v) is 11.2. The fraction of sp³-hybridized carbons (Fsp3) is 0.444. The van der Waals surface area contributed by atoms with Crippen LogP contribution in [0.1, 0.15) is 75.4 Å². The number of aromatic carboxylic acids is 1. The first kappa shape index (κ1) is 21.6. The molecule has 1 fully saturated rings. The molecule has 4 rings (SSSR count). The zero-order valence-corrected chi connectivity index (χ0v) is 18.9. The molecule has 0 unspecified atom stereocenters. The van der Waals surface area contributed by atoms with E-state index in [0.29, 0.717) is 5.56 Å². The third-order valence-electron chi connectivity index (χ3n) is 6.74. The number of benzene rings is 2. The van der Waals surface area contributed by atoms with E-state index in [1.165, 1.54) is 5.57 Å². The molecule has 1 N–H and O–H groups in total. The van der Waals surface area contributed by atoms with Crippen LogP contribution in [0.4, 0.5) is 0 Å². The van der Waals surface area contributed by atoms with Gasteiger partial charge < -0.3 is 14.6 Å². The van der Waals surface area contributed by atoms with Crippen LogP contribution < -0.4 is 4.74 Å². The standard InChI is InChI=1S/C27H32O4/c1-17(2)9-8-16-27(4)23-15-14-18(3)30-25(23)22-13-7-12-20(24(22)31-27)19-10-5-6-11-21(19)26(28)29/h5-7,9-13,18,23,25H,8,14-16H2,1-4H3,(H,28,29)/t18-,23-,25+,27-/m1/s1. The number of allylic oxidation sites excluding steroid dienone is 2. The summed E-state index contributed by atoms with van der Waals surface area (Å²) < 4.78 is 13.3. The number of para-hydroxylation sites is 1. The van der Waals surface area contributed by atoms with Gasteiger partial charge in [-0.15, -0.1) is 0 Å². The zero-order valence-electron chi connectivity index (χ0n) is 18.9. The van der Waals surface area contributed by atoms with Crippen LogP contribution in [0.2, 0.25) is 0 Å². The summed E-state index contributed by atoms with van der Waals surface area (Å²) in [6, 6.07) is 13.2. The van der Waals surface area contributed by atoms with Gasteiger partial charge in [0.15, 0.2) is 0 Å². The summed E-state index contributed by atoms with van der Waals surface area (Å²) in [5.41, 5.74) is 3.75. The fourth-order valence-electron chi connectivity index (χ4n) is 5.10. The molecule has 0 aliphatic carbocycles. The highest BCUT2D eigenvalue weighted by molar-refractivity contribution is 5.97. The minimum absolute atomic E-state index is 0.0406. The van der Waals surface area contributed by atoms with Gasteiger partial charge in [0.2, 0.25) is 0 Å². The van der Waals surface area contributed by atoms with Gasteiger partial charge in [-0.1, -0.05) is 48.0 Å². The summed E-state index contributed by atoms with van der Waals surface area (Å²) in [5.74, 6) is 0.105. The second kappa shape index (κ2) is 8.51. The predicted molar refractivity (Wildman–Crippen MR) is 123 cm³/mol. The van der Waals surface area contributed by atoms with Crippen LogP contribution in [0.15, 0.2) is 54.1 Å². The smallest absolute Gasteiger partial charge is 0.336 e. The van der Waals surface area contributed by atoms with Crippen LogP contribution in [-0.2, 0) is 4.74 Å². The van der Waals surface area contributed by atoms with Crippen molar-refractivity contribution in [1.82, 2.24) is 0 Å². The Hall–Kier alpha value is -2.59. The van der Waals surface area contributed by atoms with Crippen LogP contribution in [0.3, 0.4) is 0 Å². The van der Waals surface area contributed by atoms with Gasteiger partial charge in [-0.3, -0.25) is 0 Å². The van der Waals surface area contributed by atoms with Gasteiger partial charge >= 0.3 is 5.97 Å². The summed E-state index contributed by atoms with van der Waals surface area (Å²) in [6.45, 7) is 8.57. The predicted octanol–water partition coefficient (Wildman–Crippen LogP) is 6.81. The second-order valence-electron chi connectivity index (χ2n) is 9.36. The van der Waals surface area contributed by atoms with Crippen molar-refractivity contribution in [3.05, 3.63) is 65.2 Å². The molecule has 2 aromatic carbocycles. The molecular formula is C27H32O4. The number of hydrogen-bond acceptors (Lipinski definition) is 3. The molecular weight excluding hydrogens is 388 g/mol. The van der Waals surface area contributed by atoms with Crippen molar-refractivity contribution in [2.45, 2.75) is 71.2 Å². The Morgan fingerprint density at radius 3 is 2.61 bits per heavy atom. The molecule has 2 aliphatic heterocycles. The molecule has 0 spiro atoms. The van der Waals surface area contributed by atoms with Crippen molar-refractivity contribution in [2.24, 2.45) is 5.92 Å². The molecule has 0 amide bonds. The number of ether oxygens (including phenoxy) is 2. The van der Waals surface area contributed by atoms with Gasteiger partial charge in [-0.25, -0.2) is 4.79 Å². The summed E-state index contributed by atoms with van der Waals surface area (Å²) in [7, 11) is 0. The SMILES string of the molecule is CC(C)=CCC[C@@]1(C)Oc2c(-c3ccccc3C(=O)O)cccc2[C@@H]2O[C@H](C)CC[C@H]21. The van der Waals surface area contributed by atoms with Gasteiger partial charge in [0.1, 0.15) is 11.4 Å². The highest BCUT2D eigenvalue weighted by atomic mass is 16.5. The number of carboxylic acid groups (broad SMARTS) is 1. The molecule has 4 nitrogen and oxygen atoms in total. The maximum absolute atomic E-state index is 11.9. The minimum atomic E-state index is -0.934. The molecule has 164 valence electrons. The van der Waals surface area contributed by atoms with Crippen LogP contribution in [0, 0.1) is 5.92 Å². The van der Waals surface area contributed by atoms with E-state index in [0.717, 1.165) is 42.6 Å². The van der Waals surface area contributed by atoms with E-state index in [1.807, 2.05) is 24.3 Å². The quantitative estimate of drug-likeness (QED) is 0.540. The molecule has 2 aliphatic rings. The maximum atomic E-state index is 11.9. The highest BCUT2D eigenvalue weighted by Gasteiger charge is 2.49. The van der Waals surface area contributed by atoms with Crippen molar-refractivity contribution in [1.29, 1.82) is 0 Å². The van der Waals surface area contributed by atoms with E-state index >= 15 is 0 Å². The third-order valence-corrected chi connectivity index (χ3v) is 6.74. The summed E-state index contributed by atoms with van der Waals surface area (Å²) in [5, 5.41) is 9.75. The molecule has 0 aromatic heterocycles. The Balaban J connectivity index is 1.83. The summed E-state index contributed by atoms with van der Waals surface area (Å²) in [6.07, 6.45) is 6.35. The Morgan fingerprint density at radius 1 is 1.13 bits per heavy atom. The van der Waals surface area contributed by atoms with Crippen molar-refractivity contribution in [2.75, 3.05) is 0 Å². The van der Waals surface area contributed by atoms with Crippen LogP contribution in [0.5, 0.6) is 5.75 Å². The van der Waals surface area contributed by atoms with Gasteiger partial charge in [-0.05, 0) is 65.0 Å². The van der Waals surface area contributed by atoms with E-state index in [9.17, 15) is 9.90 Å². The van der Waals surface area contributed by atoms with Gasteiger partial charge in [0, 0.05) is 17.0 Å². The minimum Gasteiger partial charge on any atom is -0.486 e. The lowest BCUT2D eigenvalue weighted by molar-refractivity contribution is -0.151. The molecule has 2 aromatic rings. The van der Waals surface area contributed by atoms with Gasteiger partial charge in [-0.2, -0.15) is 0 Å². The lowest BCUT2D eigenvalue weighted by atomic mass is 9.72. The molecule has 2 heterocycles. The van der Waals surface area contributed by atoms with Crippen molar-refractivity contribution in [3.8, 4) is 16.9 Å². The molecule has 1 saturated heterocycles. The van der Waals surface area contributed by atoms with E-state index in [2.05, 4.69) is 39.8 Å². The van der Waals surface area contributed by atoms with Crippen molar-refractivity contribution in [3.63, 3.8) is 0 Å². The number of carboxylic acids is 1. The van der Waals surface area contributed by atoms with Gasteiger partial charge in [0.25, 0.3) is 0 Å². The number of hydrogen-bond donors (Lipinski definition) is 1. The van der Waals surface area contributed by atoms with E-state index < -0.39 is 5.97 Å². The van der Waals surface area contributed by atoms with E-state index in [-0.39, 0.29) is 29.3 Å². The highest BCUT2D eigenvalue weighted by Crippen LogP contribution is 2.54. The van der Waals surface area contributed by atoms with E-state index in [1.54, 1.807) is 12.1 Å². The van der Waals surface area contributed by atoms with E-state index in [4.69, 9.17) is 9.47 Å². The van der Waals surface area contributed by atoms with Crippen molar-refractivity contribution < 1.29 is 19.4 Å². The molecule has 4 atom stereocenters. The summed E-state index contributed by atoms with van der Waals surface area (Å²) in [4.78, 5) is 11.9. The number of rotatable bonds is 5. The van der Waals surface area contributed by atoms with Crippen LogP contribution in [0.25, 0.3) is 11.1 Å². The average molecular weight is 421 g/mol. The molecule has 0 saturated carbocycles. The Labute approximate surface area is 184 Å². The maximum Gasteiger partial charge on any atom is 0.336 e. The average Bonchev–Trinajstić information content (AvgIpc) is 2.73. The van der Waals surface area contributed by atoms with Crippen LogP contribution in [-0.4, -0.2) is 22.8 Å². The number of fused-ring (bicyclic) bond motifs is 3. The molecule has 0 radical (unpaired) electrons. The van der Waals surface area contributed by atoms with Crippen molar-refractivity contribution >= 4 is 5.97 Å². The first-order valence-electron chi connectivity index (χ1n) is 11.2. The number of carbonyl (C=O) groups is 1. The topological polar surface area (TPSA) is 55.8 Å². The normalized spacial score (nSPS) is 26.9. The molecule has 4 heteroatoms. The third kappa shape index (κ3) is 4.14. The van der Waals surface area contributed by atoms with Gasteiger partial charge in [0.05, 0.1) is 17.8 Å². The second-order valence-corrected chi connectivity index (χ2v) is 9.36. The lowest BCUT2D eigenvalue weighted by Crippen LogP contribution is -2.50. The summed E-state index contributed by atoms with van der Waals surface area (Å²) >= 11 is 0. The molecule has 31 heavy (non-hydrogen) atoms. The Kier molecular flexibility index (Phi) is 5.94. The van der Waals surface area contributed by atoms with Crippen LogP contribution >= 0.6 is 0 Å². The monoisotopic (exact) mass is 420 g/mol. The lowest BCUT2D eigenvalue weighted by Gasteiger charge is -2.50. The molecule has 0 bridgehead atoms. The fourth-order valence-corrected chi connectivity index (χ4v) is 5.10. The Bertz CT molecular complexity index is 1000. The first-order chi connectivity index (χ1) is 14.8. The zero-order chi connectivity index (χ0) is 22.2. The largest absolute Gasteiger partial charge is 0.486 e.